The SMILES string of the molecule is COc1ccc2nc(C)n(C)c2c1CNC(=O)c1csc(C(F)(F)F)c1. The molecule has 0 fully saturated rings. The Bertz CT molecular complexity index is 976. The first-order valence-corrected chi connectivity index (χ1v) is 8.53. The lowest BCUT2D eigenvalue weighted by Crippen LogP contribution is -2.23. The third-order valence-electron chi connectivity index (χ3n) is 4.11. The summed E-state index contributed by atoms with van der Waals surface area (Å²) in [6.45, 7) is 1.97. The number of rotatable bonds is 4. The zero-order chi connectivity index (χ0) is 19.1. The number of thiophene rings is 1. The van der Waals surface area contributed by atoms with Crippen LogP contribution in [-0.4, -0.2) is 22.6 Å². The molecule has 0 saturated heterocycles. The van der Waals surface area contributed by atoms with Crippen molar-refractivity contribution in [2.45, 2.75) is 19.6 Å². The number of hydrogen-bond acceptors (Lipinski definition) is 4. The van der Waals surface area contributed by atoms with E-state index in [4.69, 9.17) is 4.74 Å². The van der Waals surface area contributed by atoms with E-state index in [0.29, 0.717) is 22.6 Å². The van der Waals surface area contributed by atoms with Crippen molar-refractivity contribution in [3.8, 4) is 5.75 Å². The third-order valence-corrected chi connectivity index (χ3v) is 5.08. The Morgan fingerprint density at radius 3 is 2.73 bits per heavy atom. The van der Waals surface area contributed by atoms with Crippen molar-refractivity contribution < 1.29 is 22.7 Å². The van der Waals surface area contributed by atoms with Crippen molar-refractivity contribution in [2.24, 2.45) is 7.05 Å². The number of halogens is 3. The molecule has 0 aliphatic carbocycles. The Hall–Kier alpha value is -2.55. The molecule has 2 aromatic heterocycles. The number of fused-ring (bicyclic) bond motifs is 1. The molecule has 0 aliphatic heterocycles. The van der Waals surface area contributed by atoms with E-state index >= 15 is 0 Å². The van der Waals surface area contributed by atoms with Gasteiger partial charge in [0.05, 0.1) is 23.7 Å². The highest BCUT2D eigenvalue weighted by atomic mass is 32.1. The fourth-order valence-electron chi connectivity index (χ4n) is 2.72. The first-order chi connectivity index (χ1) is 12.2. The lowest BCUT2D eigenvalue weighted by Gasteiger charge is -2.12. The molecular weight excluding hydrogens is 367 g/mol. The number of nitrogens with one attached hydrogen (secondary N) is 1. The van der Waals surface area contributed by atoms with Gasteiger partial charge in [0.15, 0.2) is 0 Å². The molecule has 3 rings (SSSR count). The molecule has 0 atom stereocenters. The van der Waals surface area contributed by atoms with Gasteiger partial charge in [-0.1, -0.05) is 0 Å². The number of imidazole rings is 1. The second-order valence-electron chi connectivity index (χ2n) is 5.71. The minimum absolute atomic E-state index is 0.0188. The van der Waals surface area contributed by atoms with E-state index in [2.05, 4.69) is 10.3 Å². The lowest BCUT2D eigenvalue weighted by molar-refractivity contribution is -0.134. The summed E-state index contributed by atoms with van der Waals surface area (Å²) in [5, 5.41) is 3.86. The number of aromatic nitrogens is 2. The summed E-state index contributed by atoms with van der Waals surface area (Å²) >= 11 is 0.498. The fraction of sp³-hybridized carbons (Fsp3) is 0.294. The molecular formula is C17H16F3N3O2S. The zero-order valence-corrected chi connectivity index (χ0v) is 15.1. The molecule has 3 aromatic rings. The van der Waals surface area contributed by atoms with E-state index in [0.717, 1.165) is 22.9 Å². The van der Waals surface area contributed by atoms with Gasteiger partial charge in [-0.25, -0.2) is 4.98 Å². The normalized spacial score (nSPS) is 11.8. The van der Waals surface area contributed by atoms with Crippen LogP contribution >= 0.6 is 11.3 Å². The van der Waals surface area contributed by atoms with Gasteiger partial charge in [-0.2, -0.15) is 13.2 Å². The molecule has 5 nitrogen and oxygen atoms in total. The number of carbonyl (C=O) groups is 1. The van der Waals surface area contributed by atoms with Gasteiger partial charge in [0.1, 0.15) is 16.5 Å². The first kappa shape index (κ1) is 18.2. The predicted octanol–water partition coefficient (Wildman–Crippen LogP) is 3.90. The van der Waals surface area contributed by atoms with Crippen LogP contribution in [0.25, 0.3) is 11.0 Å². The van der Waals surface area contributed by atoms with Gasteiger partial charge in [-0.15, -0.1) is 11.3 Å². The van der Waals surface area contributed by atoms with Crippen LogP contribution in [0.5, 0.6) is 5.75 Å². The number of aryl methyl sites for hydroxylation is 2. The highest BCUT2D eigenvalue weighted by Gasteiger charge is 2.33. The van der Waals surface area contributed by atoms with Crippen molar-refractivity contribution in [3.05, 3.63) is 45.4 Å². The van der Waals surface area contributed by atoms with Gasteiger partial charge < -0.3 is 14.6 Å². The topological polar surface area (TPSA) is 56.1 Å². The minimum atomic E-state index is -4.45. The van der Waals surface area contributed by atoms with Gasteiger partial charge in [0.25, 0.3) is 5.91 Å². The number of ether oxygens (including phenoxy) is 1. The van der Waals surface area contributed by atoms with Crippen LogP contribution in [0.4, 0.5) is 13.2 Å². The second-order valence-corrected chi connectivity index (χ2v) is 6.62. The number of carbonyl (C=O) groups excluding carboxylic acids is 1. The van der Waals surface area contributed by atoms with E-state index in [1.54, 1.807) is 6.07 Å². The van der Waals surface area contributed by atoms with Crippen molar-refractivity contribution >= 4 is 28.3 Å². The molecule has 0 aliphatic rings. The molecule has 1 N–H and O–H groups in total. The molecule has 0 radical (unpaired) electrons. The van der Waals surface area contributed by atoms with Crippen molar-refractivity contribution in [2.75, 3.05) is 7.11 Å². The number of amides is 1. The summed E-state index contributed by atoms with van der Waals surface area (Å²) in [6, 6.07) is 4.43. The molecule has 138 valence electrons. The predicted molar refractivity (Wildman–Crippen MR) is 92.5 cm³/mol. The first-order valence-electron chi connectivity index (χ1n) is 7.65. The molecule has 0 bridgehead atoms. The fourth-order valence-corrected chi connectivity index (χ4v) is 3.48. The molecule has 0 spiro atoms. The van der Waals surface area contributed by atoms with Crippen molar-refractivity contribution in [1.29, 1.82) is 0 Å². The number of nitrogens with zero attached hydrogens (tertiary/aromatic N) is 2. The van der Waals surface area contributed by atoms with Gasteiger partial charge in [-0.3, -0.25) is 4.79 Å². The van der Waals surface area contributed by atoms with Crippen LogP contribution in [0.15, 0.2) is 23.6 Å². The second kappa shape index (κ2) is 6.64. The lowest BCUT2D eigenvalue weighted by atomic mass is 10.1. The third kappa shape index (κ3) is 3.26. The van der Waals surface area contributed by atoms with E-state index in [9.17, 15) is 18.0 Å². The summed E-state index contributed by atoms with van der Waals surface area (Å²) < 4.78 is 45.3. The van der Waals surface area contributed by atoms with E-state index in [-0.39, 0.29) is 12.1 Å². The Kier molecular flexibility index (Phi) is 4.66. The van der Waals surface area contributed by atoms with Crippen LogP contribution in [0, 0.1) is 6.92 Å². The van der Waals surface area contributed by atoms with Crippen molar-refractivity contribution in [1.82, 2.24) is 14.9 Å². The molecule has 26 heavy (non-hydrogen) atoms. The molecule has 1 aromatic carbocycles. The van der Waals surface area contributed by atoms with Crippen LogP contribution in [0.3, 0.4) is 0 Å². The smallest absolute Gasteiger partial charge is 0.425 e. The van der Waals surface area contributed by atoms with E-state index < -0.39 is 17.0 Å². The highest BCUT2D eigenvalue weighted by Crippen LogP contribution is 2.34. The van der Waals surface area contributed by atoms with Crippen molar-refractivity contribution in [3.63, 3.8) is 0 Å². The number of benzene rings is 1. The molecule has 9 heteroatoms. The van der Waals surface area contributed by atoms with E-state index in [1.807, 2.05) is 24.6 Å². The largest absolute Gasteiger partial charge is 0.496 e. The Labute approximate surface area is 151 Å². The van der Waals surface area contributed by atoms with Crippen LogP contribution in [0.1, 0.15) is 26.6 Å². The summed E-state index contributed by atoms with van der Waals surface area (Å²) in [7, 11) is 3.37. The van der Waals surface area contributed by atoms with Crippen LogP contribution in [0.2, 0.25) is 0 Å². The molecule has 1 amide bonds. The highest BCUT2D eigenvalue weighted by molar-refractivity contribution is 7.10. The zero-order valence-electron chi connectivity index (χ0n) is 14.3. The number of hydrogen-bond donors (Lipinski definition) is 1. The maximum absolute atomic E-state index is 12.7. The van der Waals surface area contributed by atoms with Crippen LogP contribution < -0.4 is 10.1 Å². The van der Waals surface area contributed by atoms with Gasteiger partial charge >= 0.3 is 6.18 Å². The van der Waals surface area contributed by atoms with Crippen LogP contribution in [-0.2, 0) is 19.8 Å². The maximum Gasteiger partial charge on any atom is 0.425 e. The maximum atomic E-state index is 12.7. The minimum Gasteiger partial charge on any atom is -0.496 e. The summed E-state index contributed by atoms with van der Waals surface area (Å²) in [4.78, 5) is 15.9. The Balaban J connectivity index is 1.87. The standard InChI is InChI=1S/C17H16F3N3O2S/c1-9-22-12-4-5-13(25-3)11(15(12)23(9)2)7-21-16(24)10-6-14(26-8-10)17(18,19)20/h4-6,8H,7H2,1-3H3,(H,21,24). The Morgan fingerprint density at radius 2 is 2.12 bits per heavy atom. The average molecular weight is 383 g/mol. The number of alkyl halides is 3. The van der Waals surface area contributed by atoms with Gasteiger partial charge in [0, 0.05) is 24.5 Å². The summed E-state index contributed by atoms with van der Waals surface area (Å²) in [5.41, 5.74) is 2.26. The van der Waals surface area contributed by atoms with Gasteiger partial charge in [-0.05, 0) is 25.1 Å². The van der Waals surface area contributed by atoms with E-state index in [1.165, 1.54) is 12.5 Å². The quantitative estimate of drug-likeness (QED) is 0.743. The molecule has 2 heterocycles. The summed E-state index contributed by atoms with van der Waals surface area (Å²) in [6.07, 6.45) is -4.45. The molecule has 0 unspecified atom stereocenters. The summed E-state index contributed by atoms with van der Waals surface area (Å²) in [5.74, 6) is 0.797. The monoisotopic (exact) mass is 383 g/mol. The average Bonchev–Trinajstić information content (AvgIpc) is 3.18. The number of methoxy groups -OCH3 is 1. The Morgan fingerprint density at radius 1 is 1.38 bits per heavy atom. The molecule has 0 saturated carbocycles. The van der Waals surface area contributed by atoms with Gasteiger partial charge in [0.2, 0.25) is 0 Å².